The molecule has 0 aliphatic carbocycles. The summed E-state index contributed by atoms with van der Waals surface area (Å²) in [6.45, 7) is 0. The molecule has 1 N–H and O–H groups in total. The summed E-state index contributed by atoms with van der Waals surface area (Å²) in [6.07, 6.45) is 1.40. The SMILES string of the molecule is O=S(=O)(/C=C/c1ccc(F)cc1)c1nc2ccccc2[nH]1. The molecular weight excluding hydrogens is 291 g/mol. The smallest absolute Gasteiger partial charge is 0.233 e. The minimum absolute atomic E-state index is 0.109. The van der Waals surface area contributed by atoms with E-state index < -0.39 is 9.84 Å². The van der Waals surface area contributed by atoms with Gasteiger partial charge in [0, 0.05) is 5.41 Å². The number of H-pyrrole nitrogens is 1. The van der Waals surface area contributed by atoms with Crippen LogP contribution in [-0.4, -0.2) is 18.4 Å². The van der Waals surface area contributed by atoms with Crippen molar-refractivity contribution in [3.63, 3.8) is 0 Å². The topological polar surface area (TPSA) is 62.8 Å². The molecule has 0 radical (unpaired) electrons. The van der Waals surface area contributed by atoms with Gasteiger partial charge in [-0.15, -0.1) is 0 Å². The fourth-order valence-corrected chi connectivity index (χ4v) is 2.81. The van der Waals surface area contributed by atoms with Gasteiger partial charge in [-0.3, -0.25) is 0 Å². The molecule has 21 heavy (non-hydrogen) atoms. The third kappa shape index (κ3) is 2.85. The zero-order chi connectivity index (χ0) is 14.9. The van der Waals surface area contributed by atoms with Crippen molar-refractivity contribution in [2.24, 2.45) is 0 Å². The number of para-hydroxylation sites is 2. The molecule has 2 aromatic carbocycles. The first kappa shape index (κ1) is 13.5. The van der Waals surface area contributed by atoms with E-state index in [-0.39, 0.29) is 11.0 Å². The predicted molar refractivity (Wildman–Crippen MR) is 78.7 cm³/mol. The van der Waals surface area contributed by atoms with Crippen LogP contribution in [0.3, 0.4) is 0 Å². The van der Waals surface area contributed by atoms with Crippen LogP contribution in [0.5, 0.6) is 0 Å². The van der Waals surface area contributed by atoms with Gasteiger partial charge in [0.05, 0.1) is 11.0 Å². The second kappa shape index (κ2) is 5.14. The zero-order valence-electron chi connectivity index (χ0n) is 10.8. The van der Waals surface area contributed by atoms with Gasteiger partial charge in [0.25, 0.3) is 0 Å². The average molecular weight is 302 g/mol. The molecule has 0 aliphatic rings. The van der Waals surface area contributed by atoms with E-state index in [1.165, 1.54) is 30.3 Å². The van der Waals surface area contributed by atoms with Crippen molar-refractivity contribution in [1.29, 1.82) is 0 Å². The van der Waals surface area contributed by atoms with Crippen LogP contribution in [0.1, 0.15) is 5.56 Å². The van der Waals surface area contributed by atoms with Gasteiger partial charge in [-0.25, -0.2) is 17.8 Å². The van der Waals surface area contributed by atoms with Crippen molar-refractivity contribution in [3.8, 4) is 0 Å². The molecule has 0 saturated heterocycles. The van der Waals surface area contributed by atoms with Gasteiger partial charge >= 0.3 is 0 Å². The van der Waals surface area contributed by atoms with Crippen LogP contribution in [-0.2, 0) is 9.84 Å². The first-order valence-electron chi connectivity index (χ1n) is 6.18. The van der Waals surface area contributed by atoms with Crippen LogP contribution in [0, 0.1) is 5.82 Å². The van der Waals surface area contributed by atoms with Gasteiger partial charge in [0.15, 0.2) is 0 Å². The highest BCUT2D eigenvalue weighted by molar-refractivity contribution is 7.94. The lowest BCUT2D eigenvalue weighted by atomic mass is 10.2. The number of rotatable bonds is 3. The normalized spacial score (nSPS) is 12.2. The van der Waals surface area contributed by atoms with E-state index in [9.17, 15) is 12.8 Å². The minimum atomic E-state index is -3.67. The number of imidazole rings is 1. The zero-order valence-corrected chi connectivity index (χ0v) is 11.6. The number of benzene rings is 2. The number of hydrogen-bond acceptors (Lipinski definition) is 3. The van der Waals surface area contributed by atoms with E-state index in [2.05, 4.69) is 9.97 Å². The summed E-state index contributed by atoms with van der Waals surface area (Å²) >= 11 is 0. The molecule has 6 heteroatoms. The highest BCUT2D eigenvalue weighted by Gasteiger charge is 2.15. The number of fused-ring (bicyclic) bond motifs is 1. The molecule has 1 heterocycles. The maximum Gasteiger partial charge on any atom is 0.233 e. The van der Waals surface area contributed by atoms with E-state index in [0.29, 0.717) is 16.6 Å². The Balaban J connectivity index is 1.94. The van der Waals surface area contributed by atoms with Crippen LogP contribution in [0.15, 0.2) is 59.1 Å². The molecule has 3 rings (SSSR count). The molecule has 0 spiro atoms. The van der Waals surface area contributed by atoms with Gasteiger partial charge in [0.2, 0.25) is 15.0 Å². The minimum Gasteiger partial charge on any atom is -0.328 e. The third-order valence-electron chi connectivity index (χ3n) is 2.95. The molecule has 4 nitrogen and oxygen atoms in total. The fourth-order valence-electron chi connectivity index (χ4n) is 1.87. The van der Waals surface area contributed by atoms with Gasteiger partial charge in [-0.1, -0.05) is 24.3 Å². The number of aromatic nitrogens is 2. The van der Waals surface area contributed by atoms with Gasteiger partial charge in [-0.2, -0.15) is 0 Å². The maximum atomic E-state index is 12.8. The van der Waals surface area contributed by atoms with Crippen molar-refractivity contribution in [1.82, 2.24) is 9.97 Å². The summed E-state index contributed by atoms with van der Waals surface area (Å²) in [6, 6.07) is 12.6. The summed E-state index contributed by atoms with van der Waals surface area (Å²) in [7, 11) is -3.67. The van der Waals surface area contributed by atoms with Gasteiger partial charge < -0.3 is 4.98 Å². The number of halogens is 1. The summed E-state index contributed by atoms with van der Waals surface area (Å²) in [4.78, 5) is 6.83. The lowest BCUT2D eigenvalue weighted by Gasteiger charge is -1.94. The second-order valence-electron chi connectivity index (χ2n) is 4.46. The number of sulfone groups is 1. The Morgan fingerprint density at radius 3 is 2.48 bits per heavy atom. The van der Waals surface area contributed by atoms with Crippen molar-refractivity contribution >= 4 is 26.9 Å². The molecule has 0 unspecified atom stereocenters. The van der Waals surface area contributed by atoms with Crippen molar-refractivity contribution in [3.05, 3.63) is 65.3 Å². The van der Waals surface area contributed by atoms with Gasteiger partial charge in [-0.05, 0) is 35.9 Å². The van der Waals surface area contributed by atoms with Crippen molar-refractivity contribution in [2.45, 2.75) is 5.16 Å². The highest BCUT2D eigenvalue weighted by atomic mass is 32.2. The number of hydrogen-bond donors (Lipinski definition) is 1. The Kier molecular flexibility index (Phi) is 3.31. The number of nitrogens with zero attached hydrogens (tertiary/aromatic N) is 1. The van der Waals surface area contributed by atoms with E-state index in [0.717, 1.165) is 5.41 Å². The standard InChI is InChI=1S/C15H11FN2O2S/c16-12-7-5-11(6-8-12)9-10-21(19,20)15-17-13-3-1-2-4-14(13)18-15/h1-10H,(H,17,18)/b10-9+. The summed E-state index contributed by atoms with van der Waals surface area (Å²) in [5, 5.41) is 0.944. The Labute approximate surface area is 120 Å². The second-order valence-corrected chi connectivity index (χ2v) is 6.21. The first-order chi connectivity index (χ1) is 10.0. The Morgan fingerprint density at radius 1 is 1.05 bits per heavy atom. The summed E-state index contributed by atoms with van der Waals surface area (Å²) < 4.78 is 37.2. The highest BCUT2D eigenvalue weighted by Crippen LogP contribution is 2.16. The molecule has 106 valence electrons. The monoisotopic (exact) mass is 302 g/mol. The molecule has 0 fully saturated rings. The van der Waals surface area contributed by atoms with Crippen LogP contribution in [0.4, 0.5) is 4.39 Å². The molecule has 0 atom stereocenters. The van der Waals surface area contributed by atoms with Crippen molar-refractivity contribution < 1.29 is 12.8 Å². The van der Waals surface area contributed by atoms with E-state index in [1.54, 1.807) is 24.3 Å². The molecule has 0 saturated carbocycles. The van der Waals surface area contributed by atoms with Crippen LogP contribution in [0.25, 0.3) is 17.1 Å². The lowest BCUT2D eigenvalue weighted by Crippen LogP contribution is -1.98. The lowest BCUT2D eigenvalue weighted by molar-refractivity contribution is 0.598. The molecular formula is C15H11FN2O2S. The van der Waals surface area contributed by atoms with Gasteiger partial charge in [0.1, 0.15) is 5.82 Å². The van der Waals surface area contributed by atoms with E-state index >= 15 is 0 Å². The number of nitrogens with one attached hydrogen (secondary N) is 1. The van der Waals surface area contributed by atoms with Crippen LogP contribution in [0.2, 0.25) is 0 Å². The maximum absolute atomic E-state index is 12.8. The Hall–Kier alpha value is -2.47. The largest absolute Gasteiger partial charge is 0.328 e. The first-order valence-corrected chi connectivity index (χ1v) is 7.73. The fraction of sp³-hybridized carbons (Fsp3) is 0. The number of aromatic amines is 1. The molecule has 0 amide bonds. The Bertz CT molecular complexity index is 879. The average Bonchev–Trinajstić information content (AvgIpc) is 2.91. The summed E-state index contributed by atoms with van der Waals surface area (Å²) in [5.74, 6) is -0.368. The molecule has 1 aromatic heterocycles. The summed E-state index contributed by atoms with van der Waals surface area (Å²) in [5.41, 5.74) is 1.84. The quantitative estimate of drug-likeness (QED) is 0.808. The Morgan fingerprint density at radius 2 is 1.76 bits per heavy atom. The molecule has 0 aliphatic heterocycles. The molecule has 3 aromatic rings. The van der Waals surface area contributed by atoms with Crippen LogP contribution >= 0.6 is 0 Å². The predicted octanol–water partition coefficient (Wildman–Crippen LogP) is 3.15. The molecule has 0 bridgehead atoms. The van der Waals surface area contributed by atoms with E-state index in [1.807, 2.05) is 0 Å². The van der Waals surface area contributed by atoms with Crippen LogP contribution < -0.4 is 0 Å². The third-order valence-corrected chi connectivity index (χ3v) is 4.17. The van der Waals surface area contributed by atoms with Crippen molar-refractivity contribution in [2.75, 3.05) is 0 Å². The van der Waals surface area contributed by atoms with E-state index in [4.69, 9.17) is 0 Å².